The van der Waals surface area contributed by atoms with E-state index in [0.29, 0.717) is 23.4 Å². The second-order valence-corrected chi connectivity index (χ2v) is 6.09. The van der Waals surface area contributed by atoms with Gasteiger partial charge in [-0.05, 0) is 19.3 Å². The van der Waals surface area contributed by atoms with Crippen molar-refractivity contribution in [3.8, 4) is 0 Å². The number of amides is 1. The number of aromatic amines is 1. The molecule has 0 atom stereocenters. The van der Waals surface area contributed by atoms with Crippen molar-refractivity contribution in [1.29, 1.82) is 0 Å². The number of nitrogens with zero attached hydrogens (tertiary/aromatic N) is 3. The van der Waals surface area contributed by atoms with Gasteiger partial charge in [0.05, 0.1) is 18.0 Å². The monoisotopic (exact) mass is 309 g/mol. The van der Waals surface area contributed by atoms with Gasteiger partial charge in [0.15, 0.2) is 5.76 Å². The molecule has 2 heterocycles. The summed E-state index contributed by atoms with van der Waals surface area (Å²) >= 11 is 1.29. The van der Waals surface area contributed by atoms with Crippen LogP contribution in [0, 0.1) is 12.8 Å². The second-order valence-electron chi connectivity index (χ2n) is 5.15. The first-order valence-electron chi connectivity index (χ1n) is 6.76. The third-order valence-corrected chi connectivity index (χ3v) is 3.44. The summed E-state index contributed by atoms with van der Waals surface area (Å²) in [5.41, 5.74) is 0.917. The number of rotatable bonds is 7. The van der Waals surface area contributed by atoms with E-state index in [2.05, 4.69) is 39.5 Å². The Morgan fingerprint density at radius 3 is 3.00 bits per heavy atom. The molecule has 0 unspecified atom stereocenters. The number of hydrogen-bond acceptors (Lipinski definition) is 6. The lowest BCUT2D eigenvalue weighted by atomic mass is 10.1. The average Bonchev–Trinajstić information content (AvgIpc) is 3.02. The van der Waals surface area contributed by atoms with Gasteiger partial charge in [0.2, 0.25) is 11.1 Å². The lowest BCUT2D eigenvalue weighted by Crippen LogP contribution is -2.24. The van der Waals surface area contributed by atoms with Crippen molar-refractivity contribution in [3.63, 3.8) is 0 Å². The topological polar surface area (TPSA) is 96.7 Å². The van der Waals surface area contributed by atoms with Crippen molar-refractivity contribution >= 4 is 17.7 Å². The van der Waals surface area contributed by atoms with Gasteiger partial charge in [0.25, 0.3) is 0 Å². The third kappa shape index (κ3) is 5.22. The molecule has 2 rings (SSSR count). The number of hydrogen-bond donors (Lipinski definition) is 2. The number of thioether (sulfide) groups is 1. The fourth-order valence-electron chi connectivity index (χ4n) is 1.71. The van der Waals surface area contributed by atoms with Crippen LogP contribution in [-0.4, -0.2) is 32.0 Å². The van der Waals surface area contributed by atoms with Crippen molar-refractivity contribution in [2.75, 3.05) is 5.75 Å². The predicted octanol–water partition coefficient (Wildman–Crippen LogP) is 1.71. The molecule has 0 radical (unpaired) electrons. The zero-order valence-corrected chi connectivity index (χ0v) is 13.2. The van der Waals surface area contributed by atoms with E-state index in [9.17, 15) is 4.79 Å². The molecule has 0 aliphatic carbocycles. The minimum absolute atomic E-state index is 0.0933. The SMILES string of the molecule is Cc1nc(SCC(=O)NCc2cc(CC(C)C)no2)n[nH]1. The maximum absolute atomic E-state index is 11.7. The number of carbonyl (C=O) groups is 1. The summed E-state index contributed by atoms with van der Waals surface area (Å²) in [4.78, 5) is 15.8. The molecule has 0 aliphatic rings. The summed E-state index contributed by atoms with van der Waals surface area (Å²) in [6.45, 7) is 6.41. The first kappa shape index (κ1) is 15.6. The van der Waals surface area contributed by atoms with Crippen LogP contribution >= 0.6 is 11.8 Å². The zero-order valence-electron chi connectivity index (χ0n) is 12.3. The minimum Gasteiger partial charge on any atom is -0.359 e. The van der Waals surface area contributed by atoms with Crippen molar-refractivity contribution in [2.45, 2.75) is 38.9 Å². The summed E-state index contributed by atoms with van der Waals surface area (Å²) in [6.07, 6.45) is 0.872. The van der Waals surface area contributed by atoms with Crippen LogP contribution in [0.1, 0.15) is 31.1 Å². The Morgan fingerprint density at radius 1 is 1.52 bits per heavy atom. The quantitative estimate of drug-likeness (QED) is 0.756. The van der Waals surface area contributed by atoms with E-state index in [1.807, 2.05) is 13.0 Å². The lowest BCUT2D eigenvalue weighted by molar-refractivity contribution is -0.118. The Morgan fingerprint density at radius 2 is 2.33 bits per heavy atom. The number of aromatic nitrogens is 4. The van der Waals surface area contributed by atoms with Crippen molar-refractivity contribution in [3.05, 3.63) is 23.3 Å². The first-order chi connectivity index (χ1) is 10.0. The number of carbonyl (C=O) groups excluding carboxylic acids is 1. The molecule has 114 valence electrons. The van der Waals surface area contributed by atoms with Crippen LogP contribution in [-0.2, 0) is 17.8 Å². The average molecular weight is 309 g/mol. The lowest BCUT2D eigenvalue weighted by Gasteiger charge is -2.00. The van der Waals surface area contributed by atoms with Gasteiger partial charge in [-0.15, -0.1) is 5.10 Å². The van der Waals surface area contributed by atoms with Gasteiger partial charge >= 0.3 is 0 Å². The molecule has 0 aromatic carbocycles. The maximum Gasteiger partial charge on any atom is 0.230 e. The zero-order chi connectivity index (χ0) is 15.2. The van der Waals surface area contributed by atoms with E-state index in [0.717, 1.165) is 17.9 Å². The van der Waals surface area contributed by atoms with Gasteiger partial charge < -0.3 is 9.84 Å². The molecule has 0 spiro atoms. The summed E-state index contributed by atoms with van der Waals surface area (Å²) < 4.78 is 5.18. The van der Waals surface area contributed by atoms with Gasteiger partial charge in [-0.1, -0.05) is 30.8 Å². The molecule has 0 saturated heterocycles. The van der Waals surface area contributed by atoms with Gasteiger partial charge in [-0.3, -0.25) is 9.89 Å². The van der Waals surface area contributed by atoms with Crippen molar-refractivity contribution in [1.82, 2.24) is 25.7 Å². The van der Waals surface area contributed by atoms with E-state index >= 15 is 0 Å². The Kier molecular flexibility index (Phi) is 5.38. The van der Waals surface area contributed by atoms with Gasteiger partial charge in [0.1, 0.15) is 5.82 Å². The Hall–Kier alpha value is -1.83. The molecular weight excluding hydrogens is 290 g/mol. The smallest absolute Gasteiger partial charge is 0.230 e. The normalized spacial score (nSPS) is 11.0. The molecule has 1 amide bonds. The third-order valence-electron chi connectivity index (χ3n) is 2.59. The Bertz CT molecular complexity index is 593. The van der Waals surface area contributed by atoms with E-state index < -0.39 is 0 Å². The predicted molar refractivity (Wildman–Crippen MR) is 78.7 cm³/mol. The molecular formula is C13H19N5O2S. The molecule has 0 bridgehead atoms. The van der Waals surface area contributed by atoms with Gasteiger partial charge in [0, 0.05) is 6.07 Å². The highest BCUT2D eigenvalue weighted by Crippen LogP contribution is 2.12. The van der Waals surface area contributed by atoms with Crippen LogP contribution in [0.4, 0.5) is 0 Å². The van der Waals surface area contributed by atoms with Crippen LogP contribution in [0.2, 0.25) is 0 Å². The molecule has 0 aliphatic heterocycles. The van der Waals surface area contributed by atoms with Crippen LogP contribution < -0.4 is 5.32 Å². The minimum atomic E-state index is -0.0933. The molecule has 21 heavy (non-hydrogen) atoms. The summed E-state index contributed by atoms with van der Waals surface area (Å²) in [5, 5.41) is 14.0. The molecule has 8 heteroatoms. The fraction of sp³-hybridized carbons (Fsp3) is 0.538. The van der Waals surface area contributed by atoms with Gasteiger partial charge in [-0.25, -0.2) is 4.98 Å². The number of H-pyrrole nitrogens is 1. The summed E-state index contributed by atoms with van der Waals surface area (Å²) in [6, 6.07) is 1.88. The van der Waals surface area contributed by atoms with Crippen molar-refractivity contribution in [2.24, 2.45) is 5.92 Å². The van der Waals surface area contributed by atoms with Crippen LogP contribution in [0.3, 0.4) is 0 Å². The van der Waals surface area contributed by atoms with E-state index in [1.165, 1.54) is 11.8 Å². The molecule has 2 N–H and O–H groups in total. The highest BCUT2D eigenvalue weighted by Gasteiger charge is 2.09. The van der Waals surface area contributed by atoms with E-state index in [1.54, 1.807) is 0 Å². The number of nitrogens with one attached hydrogen (secondary N) is 2. The molecule has 7 nitrogen and oxygen atoms in total. The second kappa shape index (κ2) is 7.26. The standard InChI is InChI=1S/C13H19N5O2S/c1-8(2)4-10-5-11(20-18-10)6-14-12(19)7-21-13-15-9(3)16-17-13/h5,8H,4,6-7H2,1-3H3,(H,14,19)(H,15,16,17). The van der Waals surface area contributed by atoms with Crippen LogP contribution in [0.25, 0.3) is 0 Å². The fourth-order valence-corrected chi connectivity index (χ4v) is 2.38. The summed E-state index contributed by atoms with van der Waals surface area (Å²) in [7, 11) is 0. The molecule has 2 aromatic heterocycles. The summed E-state index contributed by atoms with van der Waals surface area (Å²) in [5.74, 6) is 2.10. The highest BCUT2D eigenvalue weighted by atomic mass is 32.2. The number of aryl methyl sites for hydroxylation is 1. The van der Waals surface area contributed by atoms with Crippen LogP contribution in [0.5, 0.6) is 0 Å². The van der Waals surface area contributed by atoms with Crippen molar-refractivity contribution < 1.29 is 9.32 Å². The van der Waals surface area contributed by atoms with Gasteiger partial charge in [-0.2, -0.15) is 0 Å². The first-order valence-corrected chi connectivity index (χ1v) is 7.74. The molecule has 2 aromatic rings. The Labute approximate surface area is 127 Å². The molecule has 0 fully saturated rings. The van der Waals surface area contributed by atoms with E-state index in [4.69, 9.17) is 4.52 Å². The highest BCUT2D eigenvalue weighted by molar-refractivity contribution is 7.99. The largest absolute Gasteiger partial charge is 0.359 e. The van der Waals surface area contributed by atoms with Crippen LogP contribution in [0.15, 0.2) is 15.7 Å². The maximum atomic E-state index is 11.7. The Balaban J connectivity index is 1.72. The van der Waals surface area contributed by atoms with E-state index in [-0.39, 0.29) is 11.7 Å². The molecule has 0 saturated carbocycles.